The molecule has 0 saturated heterocycles. The van der Waals surface area contributed by atoms with E-state index in [2.05, 4.69) is 15.3 Å². The smallest absolute Gasteiger partial charge is 0.270 e. The number of aromatic nitrogens is 2. The highest BCUT2D eigenvalue weighted by Crippen LogP contribution is 2.07. The van der Waals surface area contributed by atoms with Crippen LogP contribution in [0.1, 0.15) is 16.1 Å². The van der Waals surface area contributed by atoms with Gasteiger partial charge in [0.15, 0.2) is 0 Å². The molecule has 0 atom stereocenters. The van der Waals surface area contributed by atoms with E-state index in [1.807, 2.05) is 6.07 Å². The minimum absolute atomic E-state index is 0.275. The van der Waals surface area contributed by atoms with Gasteiger partial charge < -0.3 is 15.8 Å². The highest BCUT2D eigenvalue weighted by atomic mass is 16.5. The molecule has 2 rings (SSSR count). The predicted octanol–water partition coefficient (Wildman–Crippen LogP) is 0.997. The molecule has 6 nitrogen and oxygen atoms in total. The topological polar surface area (TPSA) is 90.1 Å². The Hall–Kier alpha value is -2.63. The Morgan fingerprint density at radius 3 is 2.84 bits per heavy atom. The first-order valence-electron chi connectivity index (χ1n) is 5.67. The fraction of sp³-hybridized carbons (Fsp3) is 0.154. The van der Waals surface area contributed by atoms with Crippen LogP contribution in [0.15, 0.2) is 36.7 Å². The Labute approximate surface area is 110 Å². The lowest BCUT2D eigenvalue weighted by molar-refractivity contribution is 0.0946. The minimum Gasteiger partial charge on any atom is -0.481 e. The third-order valence-electron chi connectivity index (χ3n) is 2.48. The van der Waals surface area contributed by atoms with Gasteiger partial charge in [-0.15, -0.1) is 0 Å². The fourth-order valence-electron chi connectivity index (χ4n) is 1.48. The summed E-state index contributed by atoms with van der Waals surface area (Å²) >= 11 is 0. The number of pyridine rings is 2. The number of hydrogen-bond acceptors (Lipinski definition) is 5. The Morgan fingerprint density at radius 2 is 2.21 bits per heavy atom. The zero-order chi connectivity index (χ0) is 13.7. The van der Waals surface area contributed by atoms with Crippen molar-refractivity contribution in [3.63, 3.8) is 0 Å². The number of carbonyl (C=O) groups is 1. The zero-order valence-electron chi connectivity index (χ0n) is 10.5. The van der Waals surface area contributed by atoms with Crippen molar-refractivity contribution in [1.82, 2.24) is 15.3 Å². The van der Waals surface area contributed by atoms with Crippen LogP contribution in [-0.4, -0.2) is 23.0 Å². The summed E-state index contributed by atoms with van der Waals surface area (Å²) in [6.45, 7) is 0.367. The van der Waals surface area contributed by atoms with E-state index in [4.69, 9.17) is 10.5 Å². The maximum atomic E-state index is 11.8. The molecule has 0 radical (unpaired) electrons. The molecule has 0 aliphatic rings. The monoisotopic (exact) mass is 258 g/mol. The molecule has 0 bridgehead atoms. The molecule has 2 heterocycles. The molecule has 3 N–H and O–H groups in total. The van der Waals surface area contributed by atoms with Crippen molar-refractivity contribution in [2.75, 3.05) is 12.8 Å². The van der Waals surface area contributed by atoms with Gasteiger partial charge in [-0.3, -0.25) is 9.78 Å². The Morgan fingerprint density at radius 1 is 1.37 bits per heavy atom. The van der Waals surface area contributed by atoms with Gasteiger partial charge in [0, 0.05) is 30.7 Å². The third kappa shape index (κ3) is 3.41. The van der Waals surface area contributed by atoms with Crippen LogP contribution < -0.4 is 15.8 Å². The van der Waals surface area contributed by atoms with E-state index in [1.54, 1.807) is 25.4 Å². The Kier molecular flexibility index (Phi) is 3.92. The lowest BCUT2D eigenvalue weighted by Gasteiger charge is -2.05. The van der Waals surface area contributed by atoms with Gasteiger partial charge in [0.1, 0.15) is 5.69 Å². The highest BCUT2D eigenvalue weighted by Gasteiger charge is 2.07. The number of nitrogens with one attached hydrogen (secondary N) is 1. The molecule has 0 saturated carbocycles. The number of ether oxygens (including phenoxy) is 1. The van der Waals surface area contributed by atoms with Crippen LogP contribution in [0.5, 0.6) is 5.88 Å². The van der Waals surface area contributed by atoms with Crippen LogP contribution in [0.2, 0.25) is 0 Å². The summed E-state index contributed by atoms with van der Waals surface area (Å²) in [5, 5.41) is 2.74. The molecule has 0 aliphatic carbocycles. The van der Waals surface area contributed by atoms with Crippen molar-refractivity contribution in [2.45, 2.75) is 6.54 Å². The number of amides is 1. The van der Waals surface area contributed by atoms with E-state index in [-0.39, 0.29) is 5.91 Å². The normalized spacial score (nSPS) is 9.95. The highest BCUT2D eigenvalue weighted by molar-refractivity contribution is 5.92. The van der Waals surface area contributed by atoms with Gasteiger partial charge in [-0.05, 0) is 17.7 Å². The summed E-state index contributed by atoms with van der Waals surface area (Å²) in [5.74, 6) is 0.260. The van der Waals surface area contributed by atoms with E-state index in [0.29, 0.717) is 23.8 Å². The van der Waals surface area contributed by atoms with Gasteiger partial charge in [-0.25, -0.2) is 4.98 Å². The molecular formula is C13H14N4O2. The summed E-state index contributed by atoms with van der Waals surface area (Å²) in [6.07, 6.45) is 3.14. The molecule has 0 fully saturated rings. The first-order valence-corrected chi connectivity index (χ1v) is 5.67. The molecule has 19 heavy (non-hydrogen) atoms. The van der Waals surface area contributed by atoms with Crippen LogP contribution in [-0.2, 0) is 6.54 Å². The van der Waals surface area contributed by atoms with Gasteiger partial charge >= 0.3 is 0 Å². The largest absolute Gasteiger partial charge is 0.481 e. The average molecular weight is 258 g/mol. The van der Waals surface area contributed by atoms with Crippen molar-refractivity contribution < 1.29 is 9.53 Å². The third-order valence-corrected chi connectivity index (χ3v) is 2.48. The quantitative estimate of drug-likeness (QED) is 0.853. The molecule has 98 valence electrons. The molecule has 2 aromatic heterocycles. The number of rotatable bonds is 4. The predicted molar refractivity (Wildman–Crippen MR) is 70.6 cm³/mol. The summed E-state index contributed by atoms with van der Waals surface area (Å²) < 4.78 is 4.95. The lowest BCUT2D eigenvalue weighted by atomic mass is 10.2. The SMILES string of the molecule is COc1ccc(CNC(=O)c2cc(N)ccn2)cn1. The van der Waals surface area contributed by atoms with Crippen LogP contribution in [0.3, 0.4) is 0 Å². The first-order chi connectivity index (χ1) is 9.19. The van der Waals surface area contributed by atoms with Crippen molar-refractivity contribution >= 4 is 11.6 Å². The van der Waals surface area contributed by atoms with E-state index in [0.717, 1.165) is 5.56 Å². The number of nitrogens with two attached hydrogens (primary N) is 1. The van der Waals surface area contributed by atoms with Gasteiger partial charge in [0.05, 0.1) is 7.11 Å². The second-order valence-electron chi connectivity index (χ2n) is 3.87. The number of hydrogen-bond donors (Lipinski definition) is 2. The maximum absolute atomic E-state index is 11.8. The molecule has 0 aromatic carbocycles. The fourth-order valence-corrected chi connectivity index (χ4v) is 1.48. The van der Waals surface area contributed by atoms with Gasteiger partial charge in [-0.2, -0.15) is 0 Å². The number of methoxy groups -OCH3 is 1. The zero-order valence-corrected chi connectivity index (χ0v) is 10.5. The number of anilines is 1. The first kappa shape index (κ1) is 12.8. The van der Waals surface area contributed by atoms with Crippen molar-refractivity contribution in [2.24, 2.45) is 0 Å². The van der Waals surface area contributed by atoms with Gasteiger partial charge in [0.2, 0.25) is 5.88 Å². The van der Waals surface area contributed by atoms with Crippen LogP contribution in [0.25, 0.3) is 0 Å². The lowest BCUT2D eigenvalue weighted by Crippen LogP contribution is -2.23. The van der Waals surface area contributed by atoms with Crippen molar-refractivity contribution in [1.29, 1.82) is 0 Å². The summed E-state index contributed by atoms with van der Waals surface area (Å²) in [6, 6.07) is 6.73. The molecule has 0 unspecified atom stereocenters. The average Bonchev–Trinajstić information content (AvgIpc) is 2.45. The molecule has 6 heteroatoms. The van der Waals surface area contributed by atoms with Crippen LogP contribution in [0.4, 0.5) is 5.69 Å². The molecular weight excluding hydrogens is 244 g/mol. The van der Waals surface area contributed by atoms with Gasteiger partial charge in [-0.1, -0.05) is 6.07 Å². The van der Waals surface area contributed by atoms with E-state index in [1.165, 1.54) is 12.3 Å². The molecule has 0 spiro atoms. The van der Waals surface area contributed by atoms with Gasteiger partial charge in [0.25, 0.3) is 5.91 Å². The van der Waals surface area contributed by atoms with Crippen LogP contribution >= 0.6 is 0 Å². The van der Waals surface area contributed by atoms with Crippen molar-refractivity contribution in [3.8, 4) is 5.88 Å². The van der Waals surface area contributed by atoms with Crippen LogP contribution in [0, 0.1) is 0 Å². The van der Waals surface area contributed by atoms with E-state index >= 15 is 0 Å². The summed E-state index contributed by atoms with van der Waals surface area (Å²) in [4.78, 5) is 19.8. The summed E-state index contributed by atoms with van der Waals surface area (Å²) in [5.41, 5.74) is 7.26. The standard InChI is InChI=1S/C13H14N4O2/c1-19-12-3-2-9(7-16-12)8-17-13(18)11-6-10(14)4-5-15-11/h2-7H,8H2,1H3,(H2,14,15)(H,17,18). The van der Waals surface area contributed by atoms with E-state index < -0.39 is 0 Å². The maximum Gasteiger partial charge on any atom is 0.270 e. The molecule has 1 amide bonds. The molecule has 2 aromatic rings. The number of carbonyl (C=O) groups excluding carboxylic acids is 1. The van der Waals surface area contributed by atoms with Crippen molar-refractivity contribution in [3.05, 3.63) is 47.9 Å². The number of nitrogens with zero attached hydrogens (tertiary/aromatic N) is 2. The molecule has 0 aliphatic heterocycles. The minimum atomic E-state index is -0.275. The Bertz CT molecular complexity index is 569. The number of nitrogen functional groups attached to an aromatic ring is 1. The summed E-state index contributed by atoms with van der Waals surface area (Å²) in [7, 11) is 1.55. The second-order valence-corrected chi connectivity index (χ2v) is 3.87. The Balaban J connectivity index is 1.96. The second kappa shape index (κ2) is 5.81. The van der Waals surface area contributed by atoms with E-state index in [9.17, 15) is 4.79 Å².